The van der Waals surface area contributed by atoms with Crippen LogP contribution in [0.1, 0.15) is 48.6 Å². The van der Waals surface area contributed by atoms with E-state index in [1.54, 1.807) is 11.3 Å². The summed E-state index contributed by atoms with van der Waals surface area (Å²) < 4.78 is 0. The van der Waals surface area contributed by atoms with E-state index >= 15 is 0 Å². The second-order valence-electron chi connectivity index (χ2n) is 6.96. The molecule has 6 heteroatoms. The van der Waals surface area contributed by atoms with Crippen LogP contribution in [0.3, 0.4) is 0 Å². The average molecular weight is 347 g/mol. The number of carbonyl (C=O) groups is 1. The smallest absolute Gasteiger partial charge is 0.226 e. The molecule has 0 bridgehead atoms. The van der Waals surface area contributed by atoms with Crippen molar-refractivity contribution >= 4 is 22.2 Å². The highest BCUT2D eigenvalue weighted by Gasteiger charge is 2.25. The number of amides is 1. The topological polar surface area (TPSA) is 76.4 Å². The van der Waals surface area contributed by atoms with E-state index in [4.69, 9.17) is 0 Å². The zero-order chi connectivity index (χ0) is 17.1. The molecule has 1 aromatic rings. The van der Waals surface area contributed by atoms with Crippen molar-refractivity contribution in [1.82, 2.24) is 4.90 Å². The molecule has 1 fully saturated rings. The van der Waals surface area contributed by atoms with Crippen LogP contribution in [0.15, 0.2) is 0 Å². The maximum atomic E-state index is 12.3. The van der Waals surface area contributed by atoms with Gasteiger partial charge in [-0.2, -0.15) is 5.26 Å². The van der Waals surface area contributed by atoms with Crippen molar-refractivity contribution in [2.75, 3.05) is 25.0 Å². The van der Waals surface area contributed by atoms with Gasteiger partial charge >= 0.3 is 0 Å². The molecule has 3 rings (SSSR count). The fraction of sp³-hybridized carbons (Fsp3) is 0.667. The maximum Gasteiger partial charge on any atom is 0.226 e. The van der Waals surface area contributed by atoms with Crippen molar-refractivity contribution < 1.29 is 9.90 Å². The normalized spacial score (nSPS) is 24.2. The van der Waals surface area contributed by atoms with Crippen molar-refractivity contribution in [3.05, 3.63) is 16.0 Å². The molecule has 0 radical (unpaired) electrons. The Morgan fingerprint density at radius 2 is 2.25 bits per heavy atom. The first-order valence-corrected chi connectivity index (χ1v) is 9.65. The van der Waals surface area contributed by atoms with Gasteiger partial charge in [-0.15, -0.1) is 11.3 Å². The van der Waals surface area contributed by atoms with E-state index in [0.717, 1.165) is 42.8 Å². The van der Waals surface area contributed by atoms with Gasteiger partial charge in [0.25, 0.3) is 0 Å². The van der Waals surface area contributed by atoms with Crippen molar-refractivity contribution in [2.24, 2.45) is 5.92 Å². The van der Waals surface area contributed by atoms with E-state index in [0.29, 0.717) is 31.0 Å². The van der Waals surface area contributed by atoms with E-state index in [1.165, 1.54) is 11.3 Å². The molecular weight excluding hydrogens is 322 g/mol. The number of hydrogen-bond donors (Lipinski definition) is 2. The number of rotatable bonds is 4. The number of aliphatic hydroxyl groups is 1. The third kappa shape index (κ3) is 3.80. The van der Waals surface area contributed by atoms with Crippen molar-refractivity contribution in [3.63, 3.8) is 0 Å². The summed E-state index contributed by atoms with van der Waals surface area (Å²) in [5.41, 5.74) is 1.82. The lowest BCUT2D eigenvalue weighted by molar-refractivity contribution is -0.116. The number of aliphatic hydroxyl groups excluding tert-OH is 1. The molecular formula is C18H25N3O2S. The summed E-state index contributed by atoms with van der Waals surface area (Å²) in [5.74, 6) is 0.295. The maximum absolute atomic E-state index is 12.3. The largest absolute Gasteiger partial charge is 0.392 e. The molecule has 1 aromatic heterocycles. The first-order valence-electron chi connectivity index (χ1n) is 8.83. The SMILES string of the molecule is CC1CCN(CCC(=O)Nc2sc3c(c2C#N)CCCC3)CC1O. The Balaban J connectivity index is 1.56. The van der Waals surface area contributed by atoms with Gasteiger partial charge in [0.05, 0.1) is 11.7 Å². The third-order valence-electron chi connectivity index (χ3n) is 5.19. The number of nitrogens with one attached hydrogen (secondary N) is 1. The predicted octanol–water partition coefficient (Wildman–Crippen LogP) is 2.53. The van der Waals surface area contributed by atoms with E-state index < -0.39 is 0 Å². The summed E-state index contributed by atoms with van der Waals surface area (Å²) in [6, 6.07) is 2.28. The first-order chi connectivity index (χ1) is 11.6. The molecule has 2 heterocycles. The van der Waals surface area contributed by atoms with Gasteiger partial charge in [-0.25, -0.2) is 0 Å². The number of likely N-dealkylation sites (tertiary alicyclic amines) is 1. The number of thiophene rings is 1. The Labute approximate surface area is 147 Å². The number of hydrogen-bond acceptors (Lipinski definition) is 5. The zero-order valence-corrected chi connectivity index (χ0v) is 15.0. The van der Waals surface area contributed by atoms with Gasteiger partial charge < -0.3 is 15.3 Å². The summed E-state index contributed by atoms with van der Waals surface area (Å²) in [5, 5.41) is 23.0. The lowest BCUT2D eigenvalue weighted by Crippen LogP contribution is -2.43. The van der Waals surface area contributed by atoms with Crippen LogP contribution in [0.2, 0.25) is 0 Å². The van der Waals surface area contributed by atoms with E-state index in [2.05, 4.69) is 23.2 Å². The summed E-state index contributed by atoms with van der Waals surface area (Å²) in [7, 11) is 0. The molecule has 130 valence electrons. The Bertz CT molecular complexity index is 649. The number of β-amino-alcohol motifs (C(OH)–C–C–N with tert-alkyl or cyclic N) is 1. The zero-order valence-electron chi connectivity index (χ0n) is 14.2. The van der Waals surface area contributed by atoms with Gasteiger partial charge in [-0.1, -0.05) is 6.92 Å². The lowest BCUT2D eigenvalue weighted by atomic mass is 9.96. The minimum absolute atomic E-state index is 0.0433. The predicted molar refractivity (Wildman–Crippen MR) is 95.2 cm³/mol. The number of piperidine rings is 1. The molecule has 1 aliphatic carbocycles. The lowest BCUT2D eigenvalue weighted by Gasteiger charge is -2.34. The van der Waals surface area contributed by atoms with E-state index in [9.17, 15) is 15.2 Å². The quantitative estimate of drug-likeness (QED) is 0.877. The molecule has 5 nitrogen and oxygen atoms in total. The van der Waals surface area contributed by atoms with E-state index in [-0.39, 0.29) is 12.0 Å². The highest BCUT2D eigenvalue weighted by molar-refractivity contribution is 7.16. The van der Waals surface area contributed by atoms with Crippen LogP contribution in [-0.4, -0.2) is 41.7 Å². The molecule has 2 atom stereocenters. The second-order valence-corrected chi connectivity index (χ2v) is 8.06. The van der Waals surface area contributed by atoms with Gasteiger partial charge in [0.15, 0.2) is 0 Å². The number of nitrogens with zero attached hydrogens (tertiary/aromatic N) is 2. The van der Waals surface area contributed by atoms with Crippen LogP contribution in [0.5, 0.6) is 0 Å². The highest BCUT2D eigenvalue weighted by Crippen LogP contribution is 2.37. The number of nitriles is 1. The van der Waals surface area contributed by atoms with Crippen LogP contribution in [0.25, 0.3) is 0 Å². The van der Waals surface area contributed by atoms with Gasteiger partial charge in [0, 0.05) is 24.4 Å². The Morgan fingerprint density at radius 3 is 3.00 bits per heavy atom. The van der Waals surface area contributed by atoms with Crippen LogP contribution >= 0.6 is 11.3 Å². The van der Waals surface area contributed by atoms with Crippen LogP contribution in [0, 0.1) is 17.2 Å². The minimum atomic E-state index is -0.295. The Hall–Kier alpha value is -1.42. The molecule has 2 N–H and O–H groups in total. The molecule has 0 saturated carbocycles. The molecule has 24 heavy (non-hydrogen) atoms. The van der Waals surface area contributed by atoms with Crippen molar-refractivity contribution in [3.8, 4) is 6.07 Å². The van der Waals surface area contributed by atoms with Crippen LogP contribution in [0.4, 0.5) is 5.00 Å². The molecule has 2 aliphatic rings. The standard InChI is InChI=1S/C18H25N3O2S/c1-12-6-8-21(11-15(12)22)9-7-17(23)20-18-14(10-19)13-4-2-3-5-16(13)24-18/h12,15,22H,2-9,11H2,1H3,(H,20,23). The monoisotopic (exact) mass is 347 g/mol. The minimum Gasteiger partial charge on any atom is -0.392 e. The summed E-state index contributed by atoms with van der Waals surface area (Å²) in [4.78, 5) is 15.7. The number of anilines is 1. The summed E-state index contributed by atoms with van der Waals surface area (Å²) in [6.07, 6.45) is 5.34. The van der Waals surface area contributed by atoms with Crippen LogP contribution < -0.4 is 5.32 Å². The molecule has 0 aromatic carbocycles. The van der Waals surface area contributed by atoms with Gasteiger partial charge in [-0.3, -0.25) is 4.79 Å². The summed E-state index contributed by atoms with van der Waals surface area (Å²) >= 11 is 1.57. The number of carbonyl (C=O) groups excluding carboxylic acids is 1. The van der Waals surface area contributed by atoms with Gasteiger partial charge in [0.2, 0.25) is 5.91 Å². The van der Waals surface area contributed by atoms with Gasteiger partial charge in [0.1, 0.15) is 11.1 Å². The fourth-order valence-corrected chi connectivity index (χ4v) is 4.79. The molecule has 1 amide bonds. The Morgan fingerprint density at radius 1 is 1.46 bits per heavy atom. The third-order valence-corrected chi connectivity index (χ3v) is 6.40. The fourth-order valence-electron chi connectivity index (χ4n) is 3.54. The van der Waals surface area contributed by atoms with E-state index in [1.807, 2.05) is 0 Å². The van der Waals surface area contributed by atoms with Crippen LogP contribution in [-0.2, 0) is 17.6 Å². The first kappa shape index (κ1) is 17.4. The second kappa shape index (κ2) is 7.64. The molecule has 0 spiro atoms. The number of aryl methyl sites for hydroxylation is 1. The van der Waals surface area contributed by atoms with Crippen molar-refractivity contribution in [2.45, 2.75) is 51.6 Å². The van der Waals surface area contributed by atoms with Crippen molar-refractivity contribution in [1.29, 1.82) is 5.26 Å². The number of fused-ring (bicyclic) bond motifs is 1. The Kier molecular flexibility index (Phi) is 5.54. The molecule has 2 unspecified atom stereocenters. The average Bonchev–Trinajstić information content (AvgIpc) is 2.92. The van der Waals surface area contributed by atoms with Gasteiger partial charge in [-0.05, 0) is 50.1 Å². The summed E-state index contributed by atoms with van der Waals surface area (Å²) in [6.45, 7) is 4.30. The highest BCUT2D eigenvalue weighted by atomic mass is 32.1. The molecule has 1 aliphatic heterocycles. The molecule has 1 saturated heterocycles.